The van der Waals surface area contributed by atoms with Gasteiger partial charge in [-0.25, -0.2) is 13.4 Å². The number of aromatic nitrogens is 1. The molecule has 0 amide bonds. The summed E-state index contributed by atoms with van der Waals surface area (Å²) in [4.78, 5) is 14.4. The Morgan fingerprint density at radius 1 is 1.69 bits per heavy atom. The second-order valence-electron chi connectivity index (χ2n) is 3.11. The number of sulfonamides is 1. The zero-order valence-electron chi connectivity index (χ0n) is 8.80. The Labute approximate surface area is 97.4 Å². The second-order valence-corrected chi connectivity index (χ2v) is 6.16. The SMILES string of the molecule is CCc1ncc(S(=O)(=O)N[C@@H](C)C(=O)O)s1. The largest absolute Gasteiger partial charge is 0.480 e. The van der Waals surface area contributed by atoms with Crippen LogP contribution in [0.25, 0.3) is 0 Å². The van der Waals surface area contributed by atoms with Crippen LogP contribution in [0.15, 0.2) is 10.4 Å². The summed E-state index contributed by atoms with van der Waals surface area (Å²) in [6.07, 6.45) is 1.88. The van der Waals surface area contributed by atoms with E-state index in [0.717, 1.165) is 11.3 Å². The summed E-state index contributed by atoms with van der Waals surface area (Å²) < 4.78 is 25.4. The molecule has 8 heteroatoms. The third kappa shape index (κ3) is 3.00. The zero-order chi connectivity index (χ0) is 12.3. The first kappa shape index (κ1) is 13.1. The second kappa shape index (κ2) is 4.89. The van der Waals surface area contributed by atoms with Crippen LogP contribution < -0.4 is 4.72 Å². The molecule has 0 radical (unpaired) electrons. The van der Waals surface area contributed by atoms with Gasteiger partial charge in [0.1, 0.15) is 6.04 Å². The average Bonchev–Trinajstić information content (AvgIpc) is 2.65. The highest BCUT2D eigenvalue weighted by molar-refractivity contribution is 7.91. The zero-order valence-corrected chi connectivity index (χ0v) is 10.4. The minimum absolute atomic E-state index is 0.0393. The summed E-state index contributed by atoms with van der Waals surface area (Å²) in [6.45, 7) is 3.13. The van der Waals surface area contributed by atoms with Crippen molar-refractivity contribution in [1.29, 1.82) is 0 Å². The molecule has 1 aromatic heterocycles. The smallest absolute Gasteiger partial charge is 0.321 e. The summed E-state index contributed by atoms with van der Waals surface area (Å²) >= 11 is 1.04. The van der Waals surface area contributed by atoms with E-state index < -0.39 is 22.0 Å². The Kier molecular flexibility index (Phi) is 4.00. The number of carbonyl (C=O) groups is 1. The number of hydrogen-bond acceptors (Lipinski definition) is 5. The van der Waals surface area contributed by atoms with Crippen molar-refractivity contribution in [1.82, 2.24) is 9.71 Å². The van der Waals surface area contributed by atoms with Gasteiger partial charge >= 0.3 is 5.97 Å². The molecule has 1 aromatic rings. The number of aryl methyl sites for hydroxylation is 1. The highest BCUT2D eigenvalue weighted by Gasteiger charge is 2.23. The molecule has 1 heterocycles. The summed E-state index contributed by atoms with van der Waals surface area (Å²) in [5.41, 5.74) is 0. The minimum Gasteiger partial charge on any atom is -0.480 e. The Morgan fingerprint density at radius 3 is 2.75 bits per heavy atom. The van der Waals surface area contributed by atoms with Crippen LogP contribution in [0.5, 0.6) is 0 Å². The minimum atomic E-state index is -3.77. The number of thiazole rings is 1. The van der Waals surface area contributed by atoms with Gasteiger partial charge < -0.3 is 5.11 Å². The molecule has 0 unspecified atom stereocenters. The first-order chi connectivity index (χ1) is 7.36. The molecule has 0 fully saturated rings. The maximum Gasteiger partial charge on any atom is 0.321 e. The van der Waals surface area contributed by atoms with Gasteiger partial charge in [-0.15, -0.1) is 11.3 Å². The lowest BCUT2D eigenvalue weighted by molar-refractivity contribution is -0.138. The standard InChI is InChI=1S/C8H12N2O4S2/c1-3-6-9-4-7(15-6)16(13,14)10-5(2)8(11)12/h4-5,10H,3H2,1-2H3,(H,11,12)/t5-/m0/s1. The van der Waals surface area contributed by atoms with Crippen LogP contribution in [0.4, 0.5) is 0 Å². The van der Waals surface area contributed by atoms with Crippen molar-refractivity contribution < 1.29 is 18.3 Å². The number of carboxylic acids is 1. The number of hydrogen-bond donors (Lipinski definition) is 2. The monoisotopic (exact) mass is 264 g/mol. The predicted octanol–water partition coefficient (Wildman–Crippen LogP) is 0.457. The van der Waals surface area contributed by atoms with Crippen LogP contribution >= 0.6 is 11.3 Å². The van der Waals surface area contributed by atoms with Crippen molar-refractivity contribution >= 4 is 27.3 Å². The third-order valence-electron chi connectivity index (χ3n) is 1.80. The normalized spacial score (nSPS) is 13.6. The molecular formula is C8H12N2O4S2. The average molecular weight is 264 g/mol. The van der Waals surface area contributed by atoms with Gasteiger partial charge in [-0.05, 0) is 13.3 Å². The van der Waals surface area contributed by atoms with Crippen molar-refractivity contribution in [3.05, 3.63) is 11.2 Å². The molecular weight excluding hydrogens is 252 g/mol. The number of rotatable bonds is 5. The van der Waals surface area contributed by atoms with Gasteiger partial charge in [0.2, 0.25) is 0 Å². The van der Waals surface area contributed by atoms with Gasteiger partial charge in [0.15, 0.2) is 4.21 Å². The van der Waals surface area contributed by atoms with Gasteiger partial charge in [0.05, 0.1) is 11.2 Å². The Hall–Kier alpha value is -0.990. The fourth-order valence-electron chi connectivity index (χ4n) is 0.922. The molecule has 90 valence electrons. The molecule has 6 nitrogen and oxygen atoms in total. The van der Waals surface area contributed by atoms with E-state index in [4.69, 9.17) is 5.11 Å². The first-order valence-corrected chi connectivity index (χ1v) is 6.86. The van der Waals surface area contributed by atoms with E-state index in [0.29, 0.717) is 11.4 Å². The number of nitrogens with zero attached hydrogens (tertiary/aromatic N) is 1. The van der Waals surface area contributed by atoms with Crippen molar-refractivity contribution in [2.75, 3.05) is 0 Å². The molecule has 0 spiro atoms. The fraction of sp³-hybridized carbons (Fsp3) is 0.500. The highest BCUT2D eigenvalue weighted by atomic mass is 32.2. The van der Waals surface area contributed by atoms with Gasteiger partial charge in [-0.1, -0.05) is 6.92 Å². The first-order valence-electron chi connectivity index (χ1n) is 4.56. The summed E-state index contributed by atoms with van der Waals surface area (Å²) in [5.74, 6) is -1.22. The molecule has 0 saturated carbocycles. The van der Waals surface area contributed by atoms with Crippen LogP contribution in [-0.4, -0.2) is 30.5 Å². The van der Waals surface area contributed by atoms with Gasteiger partial charge in [0.25, 0.3) is 10.0 Å². The van der Waals surface area contributed by atoms with E-state index >= 15 is 0 Å². The van der Waals surface area contributed by atoms with Crippen molar-refractivity contribution in [3.8, 4) is 0 Å². The van der Waals surface area contributed by atoms with Gasteiger partial charge in [0, 0.05) is 0 Å². The lowest BCUT2D eigenvalue weighted by Gasteiger charge is -2.07. The van der Waals surface area contributed by atoms with E-state index in [1.54, 1.807) is 0 Å². The summed E-state index contributed by atoms with van der Waals surface area (Å²) in [6, 6.07) is -1.16. The van der Waals surface area contributed by atoms with Crippen LogP contribution in [-0.2, 0) is 21.2 Å². The lowest BCUT2D eigenvalue weighted by atomic mass is 10.4. The quantitative estimate of drug-likeness (QED) is 0.805. The van der Waals surface area contributed by atoms with Crippen molar-refractivity contribution in [2.24, 2.45) is 0 Å². The van der Waals surface area contributed by atoms with E-state index in [1.807, 2.05) is 6.92 Å². The number of aliphatic carboxylic acids is 1. The maximum atomic E-state index is 11.7. The van der Waals surface area contributed by atoms with Crippen LogP contribution in [0.3, 0.4) is 0 Å². The lowest BCUT2D eigenvalue weighted by Crippen LogP contribution is -2.37. The van der Waals surface area contributed by atoms with E-state index in [1.165, 1.54) is 13.1 Å². The van der Waals surface area contributed by atoms with E-state index in [-0.39, 0.29) is 4.21 Å². The van der Waals surface area contributed by atoms with Crippen LogP contribution in [0, 0.1) is 0 Å². The molecule has 0 aliphatic rings. The molecule has 0 aromatic carbocycles. The van der Waals surface area contributed by atoms with E-state index in [2.05, 4.69) is 9.71 Å². The van der Waals surface area contributed by atoms with Crippen LogP contribution in [0.1, 0.15) is 18.9 Å². The molecule has 1 atom stereocenters. The molecule has 1 rings (SSSR count). The Balaban J connectivity index is 2.90. The Bertz CT molecular complexity index is 480. The fourth-order valence-corrected chi connectivity index (χ4v) is 3.26. The molecule has 0 aliphatic carbocycles. The summed E-state index contributed by atoms with van der Waals surface area (Å²) in [7, 11) is -3.77. The molecule has 2 N–H and O–H groups in total. The third-order valence-corrected chi connectivity index (χ3v) is 4.95. The van der Waals surface area contributed by atoms with Crippen molar-refractivity contribution in [2.45, 2.75) is 30.5 Å². The predicted molar refractivity (Wildman–Crippen MR) is 58.9 cm³/mol. The topological polar surface area (TPSA) is 96.4 Å². The molecule has 0 saturated heterocycles. The van der Waals surface area contributed by atoms with Gasteiger partial charge in [-0.3, -0.25) is 4.79 Å². The maximum absolute atomic E-state index is 11.7. The number of nitrogens with one attached hydrogen (secondary N) is 1. The van der Waals surface area contributed by atoms with E-state index in [9.17, 15) is 13.2 Å². The highest BCUT2D eigenvalue weighted by Crippen LogP contribution is 2.18. The molecule has 16 heavy (non-hydrogen) atoms. The molecule has 0 aliphatic heterocycles. The number of carboxylic acid groups (broad SMARTS) is 1. The van der Waals surface area contributed by atoms with Gasteiger partial charge in [-0.2, -0.15) is 4.72 Å². The van der Waals surface area contributed by atoms with Crippen LogP contribution in [0.2, 0.25) is 0 Å². The van der Waals surface area contributed by atoms with Crippen molar-refractivity contribution in [3.63, 3.8) is 0 Å². The molecule has 0 bridgehead atoms. The summed E-state index contributed by atoms with van der Waals surface area (Å²) in [5, 5.41) is 9.30. The Morgan fingerprint density at radius 2 is 2.31 bits per heavy atom.